The van der Waals surface area contributed by atoms with Crippen molar-refractivity contribution in [2.45, 2.75) is 112 Å². The van der Waals surface area contributed by atoms with Gasteiger partial charge in [-0.25, -0.2) is 9.59 Å². The minimum Gasteiger partial charge on any atom is -0.505 e. The molecule has 14 nitrogen and oxygen atoms in total. The number of carbonyl (C=O) groups excluding carboxylic acids is 4. The molecule has 14 heteroatoms. The Hall–Kier alpha value is -6.06. The third-order valence-corrected chi connectivity index (χ3v) is 11.5. The average molecular weight is 899 g/mol. The maximum Gasteiger partial charge on any atom is 0.377 e. The molecule has 2 aliphatic carbocycles. The zero-order valence-corrected chi connectivity index (χ0v) is 38.4. The van der Waals surface area contributed by atoms with Crippen molar-refractivity contribution in [3.63, 3.8) is 0 Å². The zero-order chi connectivity index (χ0) is 48.3. The molecule has 7 atom stereocenters. The van der Waals surface area contributed by atoms with Gasteiger partial charge in [0.2, 0.25) is 11.5 Å². The molecule has 0 fully saturated rings. The molecular weight excluding hydrogens is 837 g/mol. The van der Waals surface area contributed by atoms with Gasteiger partial charge in [-0.3, -0.25) is 9.59 Å². The molecule has 6 N–H and O–H groups in total. The summed E-state index contributed by atoms with van der Waals surface area (Å²) in [5, 5.41) is 59.4. The van der Waals surface area contributed by atoms with E-state index in [0.29, 0.717) is 24.0 Å². The first-order valence-corrected chi connectivity index (χ1v) is 21.4. The molecule has 0 amide bonds. The van der Waals surface area contributed by atoms with Crippen LogP contribution in [0.5, 0.6) is 0 Å². The second-order valence-corrected chi connectivity index (χ2v) is 17.4. The monoisotopic (exact) mass is 898 g/mol. The Morgan fingerprint density at radius 1 is 0.646 bits per heavy atom. The van der Waals surface area contributed by atoms with Crippen LogP contribution in [0, 0.1) is 11.3 Å². The van der Waals surface area contributed by atoms with Gasteiger partial charge in [0, 0.05) is 0 Å². The maximum atomic E-state index is 13.2. The molecule has 0 radical (unpaired) electrons. The molecule has 0 bridgehead atoms. The lowest BCUT2D eigenvalue weighted by Gasteiger charge is -2.37. The molecule has 0 saturated heterocycles. The molecule has 4 rings (SSSR count). The van der Waals surface area contributed by atoms with Crippen molar-refractivity contribution in [1.29, 1.82) is 0 Å². The third kappa shape index (κ3) is 13.5. The largest absolute Gasteiger partial charge is 0.505 e. The highest BCUT2D eigenvalue weighted by atomic mass is 16.6. The van der Waals surface area contributed by atoms with Gasteiger partial charge < -0.3 is 49.6 Å². The fraction of sp³-hybridized carbons (Fsp3) is 0.412. The van der Waals surface area contributed by atoms with E-state index in [1.165, 1.54) is 0 Å². The van der Waals surface area contributed by atoms with E-state index in [1.54, 1.807) is 13.8 Å². The van der Waals surface area contributed by atoms with Gasteiger partial charge in [-0.1, -0.05) is 128 Å². The van der Waals surface area contributed by atoms with E-state index >= 15 is 0 Å². The number of aliphatic hydroxyl groups is 6. The number of Topliss-reactive ketones (excluding diaryl/α,β-unsaturated/α-hetero) is 2. The van der Waals surface area contributed by atoms with Gasteiger partial charge in [-0.2, -0.15) is 0 Å². The Labute approximate surface area is 380 Å². The summed E-state index contributed by atoms with van der Waals surface area (Å²) in [6.45, 7) is 16.6. The molecule has 2 heterocycles. The van der Waals surface area contributed by atoms with E-state index in [1.807, 2.05) is 134 Å². The van der Waals surface area contributed by atoms with Crippen LogP contribution in [0.2, 0.25) is 0 Å². The van der Waals surface area contributed by atoms with E-state index in [2.05, 4.69) is 0 Å². The van der Waals surface area contributed by atoms with Crippen LogP contribution in [-0.2, 0) is 38.1 Å². The summed E-state index contributed by atoms with van der Waals surface area (Å²) in [7, 11) is 0. The lowest BCUT2D eigenvalue weighted by Crippen LogP contribution is -2.41. The number of cyclic esters (lactones) is 2. The van der Waals surface area contributed by atoms with Crippen molar-refractivity contribution in [3.05, 3.63) is 153 Å². The molecule has 7 unspecified atom stereocenters. The number of allylic oxidation sites excluding steroid dienone is 20. The van der Waals surface area contributed by atoms with Crippen molar-refractivity contribution in [2.24, 2.45) is 11.3 Å². The van der Waals surface area contributed by atoms with E-state index in [4.69, 9.17) is 18.9 Å². The number of rotatable bonds is 18. The van der Waals surface area contributed by atoms with Crippen LogP contribution >= 0.6 is 0 Å². The molecule has 65 heavy (non-hydrogen) atoms. The number of aliphatic hydroxyl groups excluding tert-OH is 6. The normalized spacial score (nSPS) is 26.5. The SMILES string of the molecule is CC1=C(/C=C/C(C)=C/C=C/C(C)=C/C=C/C=C(C)/C=C/C=C(C)/C=C/C2=C(C)C(=O)C(OCC(O)C3OC(=O)C(O)=C3O)CC2(C)C)C(C)CC(OCC(O)C2OC(=O)C(O)=C2O)C1=O. The summed E-state index contributed by atoms with van der Waals surface area (Å²) >= 11 is 0. The minimum absolute atomic E-state index is 0.0158. The molecule has 2 aliphatic heterocycles. The Morgan fingerprint density at radius 3 is 1.52 bits per heavy atom. The lowest BCUT2D eigenvalue weighted by atomic mass is 9.71. The number of carbonyl (C=O) groups is 4. The Morgan fingerprint density at radius 2 is 1.06 bits per heavy atom. The number of ether oxygens (including phenoxy) is 4. The summed E-state index contributed by atoms with van der Waals surface area (Å²) in [4.78, 5) is 49.3. The molecule has 0 saturated carbocycles. The summed E-state index contributed by atoms with van der Waals surface area (Å²) in [5.74, 6) is -6.17. The molecule has 0 spiro atoms. The zero-order valence-electron chi connectivity index (χ0n) is 38.4. The first-order valence-electron chi connectivity index (χ1n) is 21.4. The molecule has 0 aromatic carbocycles. The van der Waals surface area contributed by atoms with Crippen LogP contribution in [0.1, 0.15) is 75.2 Å². The maximum absolute atomic E-state index is 13.2. The molecular formula is C51H62O14. The van der Waals surface area contributed by atoms with E-state index in [-0.39, 0.29) is 30.7 Å². The van der Waals surface area contributed by atoms with E-state index in [9.17, 15) is 49.8 Å². The quantitative estimate of drug-likeness (QED) is 0.0571. The standard InChI is InChI=1S/C51H62O14/c1-28(16-12-18-30(3)20-22-35-32(5)24-39(41(54)33(35)6)62-26-37(52)47-43(56)45(58)49(60)64-47)14-10-11-15-29(2)17-13-19-31(4)21-23-36-34(7)42(55)40(25-51(36,8)9)63-27-38(53)48-44(57)46(59)50(61)65-48/h10-23,32,37-40,47-48,52-53,56-59H,24-27H2,1-9H3/b11-10+,16-12+,17-13+,22-20+,23-21+,28-14+,29-15+,30-18+,31-19+. The Balaban J connectivity index is 1.24. The smallest absolute Gasteiger partial charge is 0.377 e. The molecule has 0 aromatic rings. The number of esters is 2. The van der Waals surface area contributed by atoms with Crippen LogP contribution in [0.4, 0.5) is 0 Å². The van der Waals surface area contributed by atoms with Crippen molar-refractivity contribution in [3.8, 4) is 0 Å². The van der Waals surface area contributed by atoms with Crippen LogP contribution in [0.15, 0.2) is 153 Å². The highest BCUT2D eigenvalue weighted by molar-refractivity contribution is 6.01. The second kappa shape index (κ2) is 22.7. The van der Waals surface area contributed by atoms with Gasteiger partial charge in [0.25, 0.3) is 0 Å². The Bertz CT molecular complexity index is 2300. The van der Waals surface area contributed by atoms with Crippen LogP contribution in [0.25, 0.3) is 0 Å². The van der Waals surface area contributed by atoms with Crippen molar-refractivity contribution in [1.82, 2.24) is 0 Å². The fourth-order valence-electron chi connectivity index (χ4n) is 7.61. The molecule has 4 aliphatic rings. The van der Waals surface area contributed by atoms with Gasteiger partial charge in [0.1, 0.15) is 24.4 Å². The number of ketones is 2. The van der Waals surface area contributed by atoms with Crippen molar-refractivity contribution >= 4 is 23.5 Å². The van der Waals surface area contributed by atoms with Gasteiger partial charge in [-0.15, -0.1) is 0 Å². The third-order valence-electron chi connectivity index (χ3n) is 11.5. The second-order valence-electron chi connectivity index (χ2n) is 17.4. The van der Waals surface area contributed by atoms with Crippen LogP contribution in [-0.4, -0.2) is 104 Å². The minimum atomic E-state index is -1.47. The summed E-state index contributed by atoms with van der Waals surface area (Å²) in [5.41, 5.74) is 6.45. The molecule has 0 aromatic heterocycles. The topological polar surface area (TPSA) is 227 Å². The Kier molecular flexibility index (Phi) is 18.0. The summed E-state index contributed by atoms with van der Waals surface area (Å²) < 4.78 is 21.0. The lowest BCUT2D eigenvalue weighted by molar-refractivity contribution is -0.151. The predicted molar refractivity (Wildman–Crippen MR) is 244 cm³/mol. The van der Waals surface area contributed by atoms with E-state index in [0.717, 1.165) is 33.4 Å². The first kappa shape index (κ1) is 51.6. The van der Waals surface area contributed by atoms with Gasteiger partial charge in [-0.05, 0) is 88.0 Å². The van der Waals surface area contributed by atoms with Gasteiger partial charge >= 0.3 is 11.9 Å². The van der Waals surface area contributed by atoms with Crippen LogP contribution < -0.4 is 0 Å². The predicted octanol–water partition coefficient (Wildman–Crippen LogP) is 7.79. The first-order chi connectivity index (χ1) is 30.5. The van der Waals surface area contributed by atoms with Crippen molar-refractivity contribution < 1.29 is 68.8 Å². The summed E-state index contributed by atoms with van der Waals surface area (Å²) in [6.07, 6.45) is 20.8. The van der Waals surface area contributed by atoms with Gasteiger partial charge in [0.15, 0.2) is 35.3 Å². The van der Waals surface area contributed by atoms with Gasteiger partial charge in [0.05, 0.1) is 13.2 Å². The molecule has 350 valence electrons. The number of hydrogen-bond acceptors (Lipinski definition) is 14. The average Bonchev–Trinajstić information content (AvgIpc) is 3.66. The fourth-order valence-corrected chi connectivity index (χ4v) is 7.61. The van der Waals surface area contributed by atoms with E-state index < -0.39 is 77.0 Å². The van der Waals surface area contributed by atoms with Crippen LogP contribution in [0.3, 0.4) is 0 Å². The highest BCUT2D eigenvalue weighted by Gasteiger charge is 2.43. The van der Waals surface area contributed by atoms with Crippen molar-refractivity contribution in [2.75, 3.05) is 13.2 Å². The highest BCUT2D eigenvalue weighted by Crippen LogP contribution is 2.41. The number of hydrogen-bond donors (Lipinski definition) is 6. The summed E-state index contributed by atoms with van der Waals surface area (Å²) in [6, 6.07) is 0.